The summed E-state index contributed by atoms with van der Waals surface area (Å²) in [5.41, 5.74) is 5.67. The van der Waals surface area contributed by atoms with E-state index >= 15 is 0 Å². The van der Waals surface area contributed by atoms with Gasteiger partial charge < -0.3 is 10.8 Å². The smallest absolute Gasteiger partial charge is 0.0608 e. The van der Waals surface area contributed by atoms with E-state index in [9.17, 15) is 5.11 Å². The molecule has 1 aliphatic rings. The van der Waals surface area contributed by atoms with Gasteiger partial charge in [0.2, 0.25) is 0 Å². The largest absolute Gasteiger partial charge is 0.393 e. The molecule has 2 nitrogen and oxygen atoms in total. The average Bonchev–Trinajstić information content (AvgIpc) is 2.68. The third kappa shape index (κ3) is 1.32. The van der Waals surface area contributed by atoms with Crippen LogP contribution in [-0.2, 0) is 0 Å². The van der Waals surface area contributed by atoms with E-state index in [1.165, 1.54) is 0 Å². The second-order valence-corrected chi connectivity index (χ2v) is 3.37. The molecule has 0 amide bonds. The van der Waals surface area contributed by atoms with Gasteiger partial charge in [-0.25, -0.2) is 0 Å². The summed E-state index contributed by atoms with van der Waals surface area (Å²) in [4.78, 5) is 0. The Bertz CT molecular complexity index is 110. The first-order valence-corrected chi connectivity index (χ1v) is 4.13. The minimum absolute atomic E-state index is 0.135. The number of hydrogen-bond donors (Lipinski definition) is 2. The Morgan fingerprint density at radius 3 is 2.50 bits per heavy atom. The number of aliphatic hydroxyl groups excluding tert-OH is 1. The molecule has 0 aliphatic heterocycles. The van der Waals surface area contributed by atoms with Crippen LogP contribution in [0.15, 0.2) is 0 Å². The Kier molecular flexibility index (Phi) is 2.32. The highest BCUT2D eigenvalue weighted by Crippen LogP contribution is 2.48. The van der Waals surface area contributed by atoms with E-state index in [-0.39, 0.29) is 11.5 Å². The van der Waals surface area contributed by atoms with Crippen molar-refractivity contribution in [3.8, 4) is 0 Å². The molecular weight excluding hydrogens is 126 g/mol. The van der Waals surface area contributed by atoms with E-state index in [4.69, 9.17) is 5.73 Å². The highest BCUT2D eigenvalue weighted by Gasteiger charge is 2.46. The molecule has 1 saturated carbocycles. The van der Waals surface area contributed by atoms with Crippen molar-refractivity contribution in [1.82, 2.24) is 0 Å². The Balaban J connectivity index is 2.32. The minimum Gasteiger partial charge on any atom is -0.393 e. The summed E-state index contributed by atoms with van der Waals surface area (Å²) in [6.45, 7) is 2.75. The molecule has 0 aromatic heterocycles. The van der Waals surface area contributed by atoms with Gasteiger partial charge in [-0.05, 0) is 19.3 Å². The van der Waals surface area contributed by atoms with Crippen molar-refractivity contribution in [2.45, 2.75) is 38.7 Å². The van der Waals surface area contributed by atoms with Gasteiger partial charge in [0.05, 0.1) is 6.10 Å². The molecule has 1 rings (SSSR count). The third-order valence-corrected chi connectivity index (χ3v) is 2.57. The summed E-state index contributed by atoms with van der Waals surface area (Å²) in [6.07, 6.45) is 4.10. The van der Waals surface area contributed by atoms with Crippen LogP contribution >= 0.6 is 0 Å². The van der Waals surface area contributed by atoms with Gasteiger partial charge in [-0.3, -0.25) is 0 Å². The fourth-order valence-corrected chi connectivity index (χ4v) is 1.41. The van der Waals surface area contributed by atoms with E-state index in [1.807, 2.05) is 0 Å². The van der Waals surface area contributed by atoms with E-state index < -0.39 is 0 Å². The maximum atomic E-state index is 9.56. The lowest BCUT2D eigenvalue weighted by atomic mass is 9.96. The van der Waals surface area contributed by atoms with Crippen molar-refractivity contribution in [3.05, 3.63) is 0 Å². The predicted molar refractivity (Wildman–Crippen MR) is 41.6 cm³/mol. The van der Waals surface area contributed by atoms with Crippen LogP contribution in [0.5, 0.6) is 0 Å². The summed E-state index contributed by atoms with van der Waals surface area (Å²) < 4.78 is 0. The fraction of sp³-hybridized carbons (Fsp3) is 1.00. The zero-order chi connectivity index (χ0) is 7.61. The molecule has 0 saturated heterocycles. The molecule has 0 aromatic rings. The van der Waals surface area contributed by atoms with Gasteiger partial charge in [0.15, 0.2) is 0 Å². The van der Waals surface area contributed by atoms with E-state index in [0.29, 0.717) is 6.54 Å². The summed E-state index contributed by atoms with van der Waals surface area (Å²) in [5, 5.41) is 9.56. The van der Waals surface area contributed by atoms with Crippen molar-refractivity contribution >= 4 is 0 Å². The Morgan fingerprint density at radius 2 is 2.20 bits per heavy atom. The molecule has 1 fully saturated rings. The summed E-state index contributed by atoms with van der Waals surface area (Å²) in [7, 11) is 0. The maximum Gasteiger partial charge on any atom is 0.0608 e. The van der Waals surface area contributed by atoms with Gasteiger partial charge in [-0.15, -0.1) is 0 Å². The van der Waals surface area contributed by atoms with Crippen LogP contribution < -0.4 is 5.73 Å². The number of aliphatic hydroxyl groups is 1. The molecule has 2 heteroatoms. The lowest BCUT2D eigenvalue weighted by Crippen LogP contribution is -2.29. The molecule has 10 heavy (non-hydrogen) atoms. The summed E-state index contributed by atoms with van der Waals surface area (Å²) >= 11 is 0. The van der Waals surface area contributed by atoms with Gasteiger partial charge in [0.1, 0.15) is 0 Å². The molecule has 60 valence electrons. The molecule has 1 aliphatic carbocycles. The Labute approximate surface area is 62.4 Å². The molecule has 0 heterocycles. The maximum absolute atomic E-state index is 9.56. The topological polar surface area (TPSA) is 46.2 Å². The Hall–Kier alpha value is -0.0800. The lowest BCUT2D eigenvalue weighted by molar-refractivity contribution is 0.0879. The quantitative estimate of drug-likeness (QED) is 0.614. The van der Waals surface area contributed by atoms with Crippen LogP contribution in [-0.4, -0.2) is 17.8 Å². The van der Waals surface area contributed by atoms with Gasteiger partial charge in [0, 0.05) is 12.0 Å². The first-order valence-electron chi connectivity index (χ1n) is 4.13. The fourth-order valence-electron chi connectivity index (χ4n) is 1.41. The normalized spacial score (nSPS) is 24.3. The highest BCUT2D eigenvalue weighted by molar-refractivity contribution is 4.99. The molecule has 0 bridgehead atoms. The minimum atomic E-state index is -0.137. The van der Waals surface area contributed by atoms with Crippen LogP contribution in [0.3, 0.4) is 0 Å². The Morgan fingerprint density at radius 1 is 1.60 bits per heavy atom. The summed E-state index contributed by atoms with van der Waals surface area (Å²) in [5.74, 6) is 0. The standard InChI is InChI=1S/C8H17NO/c1-2-3-7(10)8(6-9)4-5-8/h7,10H,2-6,9H2,1H3/t7-/m1/s1. The molecule has 0 aromatic carbocycles. The van der Waals surface area contributed by atoms with Crippen molar-refractivity contribution in [2.75, 3.05) is 6.54 Å². The van der Waals surface area contributed by atoms with E-state index in [2.05, 4.69) is 6.92 Å². The summed E-state index contributed by atoms with van der Waals surface area (Å²) in [6, 6.07) is 0. The first-order chi connectivity index (χ1) is 4.75. The van der Waals surface area contributed by atoms with Crippen molar-refractivity contribution in [3.63, 3.8) is 0 Å². The van der Waals surface area contributed by atoms with Gasteiger partial charge in [-0.1, -0.05) is 13.3 Å². The molecular formula is C8H17NO. The van der Waals surface area contributed by atoms with E-state index in [1.54, 1.807) is 0 Å². The van der Waals surface area contributed by atoms with Gasteiger partial charge in [-0.2, -0.15) is 0 Å². The molecule has 0 unspecified atom stereocenters. The zero-order valence-electron chi connectivity index (χ0n) is 6.64. The monoisotopic (exact) mass is 143 g/mol. The number of hydrogen-bond acceptors (Lipinski definition) is 2. The first kappa shape index (κ1) is 8.02. The van der Waals surface area contributed by atoms with Gasteiger partial charge in [0.25, 0.3) is 0 Å². The predicted octanol–water partition coefficient (Wildman–Crippen LogP) is 0.886. The van der Waals surface area contributed by atoms with Crippen molar-refractivity contribution in [2.24, 2.45) is 11.1 Å². The van der Waals surface area contributed by atoms with Crippen molar-refractivity contribution in [1.29, 1.82) is 0 Å². The third-order valence-electron chi connectivity index (χ3n) is 2.57. The molecule has 0 spiro atoms. The van der Waals surface area contributed by atoms with Crippen LogP contribution in [0.2, 0.25) is 0 Å². The second-order valence-electron chi connectivity index (χ2n) is 3.37. The zero-order valence-corrected chi connectivity index (χ0v) is 6.64. The molecule has 0 radical (unpaired) electrons. The van der Waals surface area contributed by atoms with Crippen LogP contribution in [0, 0.1) is 5.41 Å². The van der Waals surface area contributed by atoms with Crippen LogP contribution in [0.25, 0.3) is 0 Å². The van der Waals surface area contributed by atoms with Gasteiger partial charge >= 0.3 is 0 Å². The lowest BCUT2D eigenvalue weighted by Gasteiger charge is -2.19. The van der Waals surface area contributed by atoms with Crippen LogP contribution in [0.4, 0.5) is 0 Å². The van der Waals surface area contributed by atoms with Crippen LogP contribution in [0.1, 0.15) is 32.6 Å². The average molecular weight is 143 g/mol. The SMILES string of the molecule is CCC[C@@H](O)C1(CN)CC1. The molecule has 1 atom stereocenters. The second kappa shape index (κ2) is 2.89. The number of nitrogens with two attached hydrogens (primary N) is 1. The number of rotatable bonds is 4. The highest BCUT2D eigenvalue weighted by atomic mass is 16.3. The van der Waals surface area contributed by atoms with E-state index in [0.717, 1.165) is 25.7 Å². The van der Waals surface area contributed by atoms with Crippen molar-refractivity contribution < 1.29 is 5.11 Å². The molecule has 3 N–H and O–H groups in total.